The number of halogens is 1. The van der Waals surface area contributed by atoms with Gasteiger partial charge in [-0.05, 0) is 55.7 Å². The van der Waals surface area contributed by atoms with E-state index in [-0.39, 0.29) is 17.1 Å². The van der Waals surface area contributed by atoms with Crippen molar-refractivity contribution >= 4 is 22.5 Å². The molecule has 1 amide bonds. The van der Waals surface area contributed by atoms with Crippen LogP contribution in [0, 0.1) is 23.6 Å². The van der Waals surface area contributed by atoms with Crippen LogP contribution in [0.1, 0.15) is 44.4 Å². The summed E-state index contributed by atoms with van der Waals surface area (Å²) in [5.74, 6) is -0.353. The fourth-order valence-corrected chi connectivity index (χ4v) is 4.26. The number of hydrogen-bond donors (Lipinski definition) is 1. The average molecular weight is 391 g/mol. The van der Waals surface area contributed by atoms with Crippen molar-refractivity contribution in [3.05, 3.63) is 71.7 Å². The maximum Gasteiger partial charge on any atom is 0.230 e. The van der Waals surface area contributed by atoms with E-state index in [0.29, 0.717) is 28.7 Å². The van der Waals surface area contributed by atoms with Gasteiger partial charge in [0.1, 0.15) is 11.3 Å². The van der Waals surface area contributed by atoms with Gasteiger partial charge < -0.3 is 5.32 Å². The van der Waals surface area contributed by atoms with Crippen LogP contribution in [0.2, 0.25) is 0 Å². The van der Waals surface area contributed by atoms with Gasteiger partial charge >= 0.3 is 0 Å². The fourth-order valence-electron chi connectivity index (χ4n) is 4.26. The number of para-hydroxylation sites is 1. The molecule has 1 aromatic heterocycles. The Balaban J connectivity index is 1.64. The van der Waals surface area contributed by atoms with Crippen LogP contribution in [0.4, 0.5) is 10.1 Å². The molecule has 1 atom stereocenters. The van der Waals surface area contributed by atoms with Gasteiger partial charge in [0, 0.05) is 5.39 Å². The molecule has 150 valence electrons. The molecule has 0 aliphatic heterocycles. The van der Waals surface area contributed by atoms with Crippen LogP contribution in [0.15, 0.2) is 54.6 Å². The van der Waals surface area contributed by atoms with Gasteiger partial charge in [0.05, 0.1) is 16.8 Å². The highest BCUT2D eigenvalue weighted by Gasteiger charge is 2.46. The third kappa shape index (κ3) is 4.16. The second kappa shape index (κ2) is 7.25. The Morgan fingerprint density at radius 3 is 2.59 bits per heavy atom. The Hall–Kier alpha value is -2.75. The number of carbonyl (C=O) groups excluding carboxylic acids is 1. The number of aromatic nitrogens is 1. The molecule has 1 fully saturated rings. The van der Waals surface area contributed by atoms with Crippen LogP contribution < -0.4 is 5.32 Å². The molecule has 0 bridgehead atoms. The highest BCUT2D eigenvalue weighted by atomic mass is 19.1. The third-order valence-corrected chi connectivity index (χ3v) is 6.14. The minimum atomic E-state index is -0.532. The molecule has 3 nitrogen and oxygen atoms in total. The number of pyridine rings is 1. The average Bonchev–Trinajstić information content (AvgIpc) is 3.40. The van der Waals surface area contributed by atoms with E-state index >= 15 is 0 Å². The Labute approximate surface area is 171 Å². The number of nitrogens with one attached hydrogen (secondary N) is 1. The number of amides is 1. The van der Waals surface area contributed by atoms with Crippen molar-refractivity contribution in [3.63, 3.8) is 0 Å². The van der Waals surface area contributed by atoms with E-state index < -0.39 is 5.41 Å². The second-order valence-corrected chi connectivity index (χ2v) is 9.10. The van der Waals surface area contributed by atoms with Crippen molar-refractivity contribution in [2.45, 2.75) is 46.5 Å². The van der Waals surface area contributed by atoms with Crippen LogP contribution >= 0.6 is 0 Å². The lowest BCUT2D eigenvalue weighted by atomic mass is 9.74. The molecule has 1 aliphatic carbocycles. The first-order valence-corrected chi connectivity index (χ1v) is 10.2. The summed E-state index contributed by atoms with van der Waals surface area (Å²) in [6.45, 7) is 6.12. The standard InChI is InChI=1S/C25H27FN2O/c1-17-21(14-19-10-7-11-20(26)22(19)27-17)28-23(29)25(3,16-24(2)12-13-24)15-18-8-5-4-6-9-18/h4-11,14H,12-13,15-16H2,1-3H3,(H,28,29). The maximum absolute atomic E-state index is 14.0. The molecule has 0 saturated heterocycles. The zero-order chi connectivity index (χ0) is 20.6. The van der Waals surface area contributed by atoms with Crippen molar-refractivity contribution in [2.24, 2.45) is 10.8 Å². The lowest BCUT2D eigenvalue weighted by molar-refractivity contribution is -0.125. The first-order chi connectivity index (χ1) is 13.8. The lowest BCUT2D eigenvalue weighted by Crippen LogP contribution is -2.37. The van der Waals surface area contributed by atoms with Gasteiger partial charge in [-0.3, -0.25) is 4.79 Å². The molecule has 1 unspecified atom stereocenters. The van der Waals surface area contributed by atoms with Crippen molar-refractivity contribution in [3.8, 4) is 0 Å². The summed E-state index contributed by atoms with van der Waals surface area (Å²) in [5, 5.41) is 3.79. The minimum absolute atomic E-state index is 0.00451. The van der Waals surface area contributed by atoms with Crippen molar-refractivity contribution in [1.29, 1.82) is 0 Å². The molecule has 1 N–H and O–H groups in total. The first kappa shape index (κ1) is 19.6. The minimum Gasteiger partial charge on any atom is -0.324 e. The van der Waals surface area contributed by atoms with E-state index in [1.165, 1.54) is 18.9 Å². The van der Waals surface area contributed by atoms with Gasteiger partial charge in [0.2, 0.25) is 5.91 Å². The molecule has 0 radical (unpaired) electrons. The SMILES string of the molecule is Cc1nc2c(F)cccc2cc1NC(=O)C(C)(Cc1ccccc1)CC1(C)CC1. The largest absolute Gasteiger partial charge is 0.324 e. The number of benzene rings is 2. The van der Waals surface area contributed by atoms with E-state index in [2.05, 4.69) is 36.3 Å². The number of rotatable bonds is 6. The molecule has 1 aliphatic rings. The van der Waals surface area contributed by atoms with E-state index in [1.807, 2.05) is 30.3 Å². The van der Waals surface area contributed by atoms with Crippen LogP contribution in [0.25, 0.3) is 10.9 Å². The van der Waals surface area contributed by atoms with Crippen LogP contribution in [-0.4, -0.2) is 10.9 Å². The molecule has 1 heterocycles. The molecule has 0 spiro atoms. The van der Waals surface area contributed by atoms with Gasteiger partial charge in [-0.2, -0.15) is 0 Å². The first-order valence-electron chi connectivity index (χ1n) is 10.2. The third-order valence-electron chi connectivity index (χ3n) is 6.14. The fraction of sp³-hybridized carbons (Fsp3) is 0.360. The normalized spacial score (nSPS) is 17.0. The molecule has 1 saturated carbocycles. The number of hydrogen-bond acceptors (Lipinski definition) is 2. The van der Waals surface area contributed by atoms with Gasteiger partial charge in [0.25, 0.3) is 0 Å². The number of nitrogens with zero attached hydrogens (tertiary/aromatic N) is 1. The number of anilines is 1. The van der Waals surface area contributed by atoms with Crippen molar-refractivity contribution in [1.82, 2.24) is 4.98 Å². The summed E-state index contributed by atoms with van der Waals surface area (Å²) < 4.78 is 14.0. The number of fused-ring (bicyclic) bond motifs is 1. The zero-order valence-electron chi connectivity index (χ0n) is 17.3. The van der Waals surface area contributed by atoms with Crippen LogP contribution in [0.3, 0.4) is 0 Å². The Morgan fingerprint density at radius 2 is 1.90 bits per heavy atom. The highest BCUT2D eigenvalue weighted by molar-refractivity contribution is 5.97. The summed E-state index contributed by atoms with van der Waals surface area (Å²) in [4.78, 5) is 17.9. The zero-order valence-corrected chi connectivity index (χ0v) is 17.3. The van der Waals surface area contributed by atoms with E-state index in [9.17, 15) is 9.18 Å². The van der Waals surface area contributed by atoms with Gasteiger partial charge in [-0.1, -0.05) is 56.3 Å². The van der Waals surface area contributed by atoms with Gasteiger partial charge in [-0.15, -0.1) is 0 Å². The summed E-state index contributed by atoms with van der Waals surface area (Å²) in [5.41, 5.74) is 2.46. The summed E-state index contributed by atoms with van der Waals surface area (Å²) in [6.07, 6.45) is 3.86. The lowest BCUT2D eigenvalue weighted by Gasteiger charge is -2.31. The van der Waals surface area contributed by atoms with Crippen LogP contribution in [-0.2, 0) is 11.2 Å². The molecular weight excluding hydrogens is 363 g/mol. The summed E-state index contributed by atoms with van der Waals surface area (Å²) in [7, 11) is 0. The maximum atomic E-state index is 14.0. The predicted octanol–water partition coefficient (Wildman–Crippen LogP) is 6.06. The highest BCUT2D eigenvalue weighted by Crippen LogP contribution is 2.53. The smallest absolute Gasteiger partial charge is 0.230 e. The molecule has 3 aromatic rings. The Morgan fingerprint density at radius 1 is 1.17 bits per heavy atom. The molecular formula is C25H27FN2O. The Bertz CT molecular complexity index is 1060. The topological polar surface area (TPSA) is 42.0 Å². The summed E-state index contributed by atoms with van der Waals surface area (Å²) in [6, 6.07) is 16.9. The molecule has 2 aromatic carbocycles. The Kier molecular flexibility index (Phi) is 4.89. The van der Waals surface area contributed by atoms with Gasteiger partial charge in [-0.25, -0.2) is 9.37 Å². The van der Waals surface area contributed by atoms with Crippen molar-refractivity contribution in [2.75, 3.05) is 5.32 Å². The quantitative estimate of drug-likeness (QED) is 0.556. The monoisotopic (exact) mass is 390 g/mol. The predicted molar refractivity (Wildman–Crippen MR) is 115 cm³/mol. The summed E-state index contributed by atoms with van der Waals surface area (Å²) >= 11 is 0. The molecule has 29 heavy (non-hydrogen) atoms. The second-order valence-electron chi connectivity index (χ2n) is 9.10. The van der Waals surface area contributed by atoms with E-state index in [4.69, 9.17) is 0 Å². The van der Waals surface area contributed by atoms with Crippen molar-refractivity contribution < 1.29 is 9.18 Å². The molecule has 4 heteroatoms. The van der Waals surface area contributed by atoms with E-state index in [1.54, 1.807) is 13.0 Å². The number of aryl methyl sites for hydroxylation is 1. The van der Waals surface area contributed by atoms with Crippen LogP contribution in [0.5, 0.6) is 0 Å². The van der Waals surface area contributed by atoms with Gasteiger partial charge in [0.15, 0.2) is 0 Å². The number of carbonyl (C=O) groups is 1. The van der Waals surface area contributed by atoms with E-state index in [0.717, 1.165) is 12.0 Å². The molecule has 4 rings (SSSR count).